The van der Waals surface area contributed by atoms with Crippen molar-refractivity contribution >= 4 is 16.0 Å². The van der Waals surface area contributed by atoms with Gasteiger partial charge in [0.1, 0.15) is 4.90 Å². The molecule has 0 fully saturated rings. The topological polar surface area (TPSA) is 112 Å². The smallest absolute Gasteiger partial charge is 0.357 e. The minimum absolute atomic E-state index is 0.0757. The first-order chi connectivity index (χ1) is 9.81. The Morgan fingerprint density at radius 2 is 1.90 bits per heavy atom. The second kappa shape index (κ2) is 5.66. The molecule has 3 N–H and O–H groups in total. The summed E-state index contributed by atoms with van der Waals surface area (Å²) in [7, 11) is -3.96. The number of aromatic nitrogens is 2. The Kier molecular flexibility index (Phi) is 4.10. The Morgan fingerprint density at radius 3 is 2.48 bits per heavy atom. The number of carbonyl (C=O) groups is 1. The van der Waals surface area contributed by atoms with Gasteiger partial charge in [0.05, 0.1) is 5.69 Å². The first-order valence-electron chi connectivity index (χ1n) is 6.15. The van der Waals surface area contributed by atoms with Crippen LogP contribution in [0.5, 0.6) is 0 Å². The van der Waals surface area contributed by atoms with E-state index in [4.69, 9.17) is 5.11 Å². The third-order valence-electron chi connectivity index (χ3n) is 2.95. The Bertz CT molecular complexity index is 763. The maximum Gasteiger partial charge on any atom is 0.357 e. The van der Waals surface area contributed by atoms with Crippen LogP contribution in [0.4, 0.5) is 0 Å². The quantitative estimate of drug-likeness (QED) is 0.768. The molecule has 0 atom stereocenters. The number of H-pyrrole nitrogens is 1. The van der Waals surface area contributed by atoms with E-state index in [0.717, 1.165) is 11.1 Å². The lowest BCUT2D eigenvalue weighted by molar-refractivity contribution is 0.0686. The zero-order valence-electron chi connectivity index (χ0n) is 11.5. The van der Waals surface area contributed by atoms with Crippen LogP contribution in [0.15, 0.2) is 29.2 Å². The molecule has 0 bridgehead atoms. The number of aromatic carboxylic acids is 1. The number of nitrogens with one attached hydrogen (secondary N) is 2. The first kappa shape index (κ1) is 15.2. The molecule has 0 aliphatic rings. The zero-order chi connectivity index (χ0) is 15.6. The van der Waals surface area contributed by atoms with Crippen molar-refractivity contribution in [2.24, 2.45) is 0 Å². The van der Waals surface area contributed by atoms with E-state index < -0.39 is 21.7 Å². The molecule has 0 radical (unpaired) electrons. The summed E-state index contributed by atoms with van der Waals surface area (Å²) in [5, 5.41) is 14.9. The largest absolute Gasteiger partial charge is 0.476 e. The molecule has 2 aromatic rings. The summed E-state index contributed by atoms with van der Waals surface area (Å²) in [6.07, 6.45) is 0. The molecular formula is C13H15N3O4S. The Morgan fingerprint density at radius 1 is 1.29 bits per heavy atom. The second-order valence-electron chi connectivity index (χ2n) is 4.64. The minimum atomic E-state index is -3.96. The van der Waals surface area contributed by atoms with Crippen molar-refractivity contribution in [3.05, 3.63) is 46.8 Å². The lowest BCUT2D eigenvalue weighted by Gasteiger charge is -2.07. The van der Waals surface area contributed by atoms with E-state index in [1.165, 1.54) is 6.92 Å². The van der Waals surface area contributed by atoms with Crippen LogP contribution in [0, 0.1) is 13.8 Å². The molecule has 0 unspecified atom stereocenters. The van der Waals surface area contributed by atoms with E-state index >= 15 is 0 Å². The zero-order valence-corrected chi connectivity index (χ0v) is 12.4. The monoisotopic (exact) mass is 309 g/mol. The van der Waals surface area contributed by atoms with Gasteiger partial charge >= 0.3 is 5.97 Å². The van der Waals surface area contributed by atoms with Crippen LogP contribution in [-0.2, 0) is 16.6 Å². The molecule has 2 rings (SSSR count). The summed E-state index contributed by atoms with van der Waals surface area (Å²) in [5.41, 5.74) is 1.52. The van der Waals surface area contributed by atoms with Gasteiger partial charge in [-0.05, 0) is 19.4 Å². The maximum absolute atomic E-state index is 12.2. The fraction of sp³-hybridized carbons (Fsp3) is 0.231. The molecule has 112 valence electrons. The van der Waals surface area contributed by atoms with Gasteiger partial charge in [0.2, 0.25) is 10.0 Å². The molecule has 0 saturated heterocycles. The van der Waals surface area contributed by atoms with Gasteiger partial charge in [-0.15, -0.1) is 0 Å². The summed E-state index contributed by atoms with van der Waals surface area (Å²) in [5.74, 6) is -1.39. The molecule has 1 heterocycles. The fourth-order valence-electron chi connectivity index (χ4n) is 1.85. The molecule has 0 amide bonds. The number of sulfonamides is 1. The number of hydrogen-bond acceptors (Lipinski definition) is 4. The summed E-state index contributed by atoms with van der Waals surface area (Å²) < 4.78 is 26.9. The maximum atomic E-state index is 12.2. The predicted octanol–water partition coefficient (Wildman–Crippen LogP) is 1.20. The molecular weight excluding hydrogens is 294 g/mol. The second-order valence-corrected chi connectivity index (χ2v) is 6.35. The molecule has 8 heteroatoms. The SMILES string of the molecule is Cc1ccc(CNS(=O)(=O)c2c(C(=O)O)n[nH]c2C)cc1. The summed E-state index contributed by atoms with van der Waals surface area (Å²) >= 11 is 0. The van der Waals surface area contributed by atoms with Crippen LogP contribution in [0.2, 0.25) is 0 Å². The number of rotatable bonds is 5. The van der Waals surface area contributed by atoms with E-state index in [2.05, 4.69) is 14.9 Å². The number of aryl methyl sites for hydroxylation is 2. The normalized spacial score (nSPS) is 11.5. The molecule has 0 saturated carbocycles. The highest BCUT2D eigenvalue weighted by Crippen LogP contribution is 2.18. The lowest BCUT2D eigenvalue weighted by Crippen LogP contribution is -2.25. The number of aromatic amines is 1. The summed E-state index contributed by atoms with van der Waals surface area (Å²) in [6.45, 7) is 3.47. The average Bonchev–Trinajstić information content (AvgIpc) is 2.81. The van der Waals surface area contributed by atoms with Crippen molar-refractivity contribution in [1.82, 2.24) is 14.9 Å². The third kappa shape index (κ3) is 3.29. The minimum Gasteiger partial charge on any atom is -0.476 e. The van der Waals surface area contributed by atoms with Gasteiger partial charge in [0.25, 0.3) is 0 Å². The van der Waals surface area contributed by atoms with E-state index in [-0.39, 0.29) is 17.1 Å². The highest BCUT2D eigenvalue weighted by atomic mass is 32.2. The Labute approximate surface area is 122 Å². The van der Waals surface area contributed by atoms with Crippen molar-refractivity contribution in [2.75, 3.05) is 0 Å². The first-order valence-corrected chi connectivity index (χ1v) is 7.63. The van der Waals surface area contributed by atoms with Gasteiger partial charge in [0, 0.05) is 6.54 Å². The van der Waals surface area contributed by atoms with Gasteiger partial charge in [-0.25, -0.2) is 17.9 Å². The summed E-state index contributed by atoms with van der Waals surface area (Å²) in [6, 6.07) is 7.35. The van der Waals surface area contributed by atoms with Crippen LogP contribution in [0.1, 0.15) is 27.3 Å². The Hall–Kier alpha value is -2.19. The van der Waals surface area contributed by atoms with Crippen molar-refractivity contribution in [1.29, 1.82) is 0 Å². The van der Waals surface area contributed by atoms with E-state index in [0.29, 0.717) is 0 Å². The molecule has 1 aromatic carbocycles. The van der Waals surface area contributed by atoms with Crippen LogP contribution >= 0.6 is 0 Å². The molecule has 0 aliphatic carbocycles. The molecule has 7 nitrogen and oxygen atoms in total. The van der Waals surface area contributed by atoms with Crippen LogP contribution < -0.4 is 4.72 Å². The number of nitrogens with zero attached hydrogens (tertiary/aromatic N) is 1. The van der Waals surface area contributed by atoms with Crippen molar-refractivity contribution in [3.63, 3.8) is 0 Å². The van der Waals surface area contributed by atoms with Gasteiger partial charge in [-0.2, -0.15) is 5.10 Å². The van der Waals surface area contributed by atoms with Crippen LogP contribution in [0.25, 0.3) is 0 Å². The van der Waals surface area contributed by atoms with Gasteiger partial charge in [-0.3, -0.25) is 5.10 Å². The molecule has 1 aromatic heterocycles. The van der Waals surface area contributed by atoms with E-state index in [1.807, 2.05) is 19.1 Å². The molecule has 0 spiro atoms. The van der Waals surface area contributed by atoms with Gasteiger partial charge < -0.3 is 5.11 Å². The number of carboxylic acid groups (broad SMARTS) is 1. The van der Waals surface area contributed by atoms with Gasteiger partial charge in [-0.1, -0.05) is 29.8 Å². The highest BCUT2D eigenvalue weighted by Gasteiger charge is 2.27. The number of hydrogen-bond donors (Lipinski definition) is 3. The predicted molar refractivity (Wildman–Crippen MR) is 75.5 cm³/mol. The van der Waals surface area contributed by atoms with Gasteiger partial charge in [0.15, 0.2) is 5.69 Å². The number of carboxylic acids is 1. The lowest BCUT2D eigenvalue weighted by atomic mass is 10.2. The average molecular weight is 309 g/mol. The van der Waals surface area contributed by atoms with Crippen molar-refractivity contribution in [2.45, 2.75) is 25.3 Å². The standard InChI is InChI=1S/C13H15N3O4S/c1-8-3-5-10(6-4-8)7-14-21(19,20)12-9(2)15-16-11(12)13(17)18/h3-6,14H,7H2,1-2H3,(H,15,16)(H,17,18). The molecule has 0 aliphatic heterocycles. The molecule has 21 heavy (non-hydrogen) atoms. The third-order valence-corrected chi connectivity index (χ3v) is 4.51. The van der Waals surface area contributed by atoms with Crippen molar-refractivity contribution < 1.29 is 18.3 Å². The van der Waals surface area contributed by atoms with E-state index in [9.17, 15) is 13.2 Å². The van der Waals surface area contributed by atoms with Crippen molar-refractivity contribution in [3.8, 4) is 0 Å². The fourth-order valence-corrected chi connectivity index (χ4v) is 3.19. The Balaban J connectivity index is 2.25. The number of benzene rings is 1. The summed E-state index contributed by atoms with van der Waals surface area (Å²) in [4.78, 5) is 10.7. The van der Waals surface area contributed by atoms with Crippen LogP contribution in [0.3, 0.4) is 0 Å². The van der Waals surface area contributed by atoms with Crippen LogP contribution in [-0.4, -0.2) is 29.7 Å². The highest BCUT2D eigenvalue weighted by molar-refractivity contribution is 7.89. The van der Waals surface area contributed by atoms with E-state index in [1.54, 1.807) is 12.1 Å².